The van der Waals surface area contributed by atoms with Crippen LogP contribution in [0.2, 0.25) is 5.02 Å². The minimum absolute atomic E-state index is 0.0170. The van der Waals surface area contributed by atoms with Crippen molar-refractivity contribution in [1.82, 2.24) is 0 Å². The molecule has 1 fully saturated rings. The van der Waals surface area contributed by atoms with E-state index < -0.39 is 0 Å². The fraction of sp³-hybridized carbons (Fsp3) is 0.300. The number of benzene rings is 2. The van der Waals surface area contributed by atoms with Gasteiger partial charge in [0.1, 0.15) is 0 Å². The van der Waals surface area contributed by atoms with Gasteiger partial charge in [-0.05, 0) is 55.7 Å². The number of hydrogen-bond acceptors (Lipinski definition) is 2. The van der Waals surface area contributed by atoms with E-state index in [1.807, 2.05) is 45.0 Å². The Balaban J connectivity index is 1.77. The summed E-state index contributed by atoms with van der Waals surface area (Å²) in [6.07, 6.45) is 0.221. The van der Waals surface area contributed by atoms with Crippen molar-refractivity contribution >= 4 is 34.8 Å². The molecule has 0 bridgehead atoms. The first-order valence-corrected chi connectivity index (χ1v) is 8.67. The fourth-order valence-corrected chi connectivity index (χ4v) is 3.26. The van der Waals surface area contributed by atoms with Crippen molar-refractivity contribution < 1.29 is 9.59 Å². The molecule has 0 unspecified atom stereocenters. The van der Waals surface area contributed by atoms with E-state index in [0.29, 0.717) is 17.3 Å². The molecule has 0 aromatic heterocycles. The SMILES string of the molecule is Cc1ccc(C)c(N2C[C@H](C(=O)Nc3cc(Cl)ccc3C)CC2=O)c1. The van der Waals surface area contributed by atoms with E-state index in [4.69, 9.17) is 11.6 Å². The maximum Gasteiger partial charge on any atom is 0.229 e. The Labute approximate surface area is 152 Å². The van der Waals surface area contributed by atoms with Crippen LogP contribution in [-0.2, 0) is 9.59 Å². The van der Waals surface area contributed by atoms with Gasteiger partial charge in [0, 0.05) is 29.4 Å². The summed E-state index contributed by atoms with van der Waals surface area (Å²) in [7, 11) is 0. The molecule has 2 amide bonds. The molecule has 0 saturated carbocycles. The third-order valence-corrected chi connectivity index (χ3v) is 4.84. The zero-order valence-corrected chi connectivity index (χ0v) is 15.4. The minimum atomic E-state index is -0.370. The average Bonchev–Trinajstić information content (AvgIpc) is 2.95. The molecule has 1 heterocycles. The minimum Gasteiger partial charge on any atom is -0.325 e. The molecule has 1 atom stereocenters. The average molecular weight is 357 g/mol. The molecule has 4 nitrogen and oxygen atoms in total. The lowest BCUT2D eigenvalue weighted by molar-refractivity contribution is -0.122. The Hall–Kier alpha value is -2.33. The van der Waals surface area contributed by atoms with E-state index in [0.717, 1.165) is 22.4 Å². The van der Waals surface area contributed by atoms with E-state index in [-0.39, 0.29) is 24.2 Å². The number of aryl methyl sites for hydroxylation is 3. The molecule has 1 saturated heterocycles. The van der Waals surface area contributed by atoms with Crippen LogP contribution in [0.1, 0.15) is 23.1 Å². The van der Waals surface area contributed by atoms with E-state index in [1.165, 1.54) is 0 Å². The van der Waals surface area contributed by atoms with Crippen LogP contribution in [0, 0.1) is 26.7 Å². The number of carbonyl (C=O) groups excluding carboxylic acids is 2. The predicted octanol–water partition coefficient (Wildman–Crippen LogP) is 4.26. The van der Waals surface area contributed by atoms with Gasteiger partial charge in [0.05, 0.1) is 5.92 Å². The van der Waals surface area contributed by atoms with Gasteiger partial charge in [0.25, 0.3) is 0 Å². The molecule has 1 N–H and O–H groups in total. The summed E-state index contributed by atoms with van der Waals surface area (Å²) in [5.74, 6) is -0.533. The number of halogens is 1. The van der Waals surface area contributed by atoms with Crippen LogP contribution < -0.4 is 10.2 Å². The maximum absolute atomic E-state index is 12.6. The molecule has 1 aliphatic rings. The number of hydrogen-bond donors (Lipinski definition) is 1. The van der Waals surface area contributed by atoms with Gasteiger partial charge in [-0.3, -0.25) is 9.59 Å². The van der Waals surface area contributed by atoms with Crippen molar-refractivity contribution in [1.29, 1.82) is 0 Å². The molecule has 3 rings (SSSR count). The maximum atomic E-state index is 12.6. The molecule has 1 aliphatic heterocycles. The van der Waals surface area contributed by atoms with Gasteiger partial charge in [-0.15, -0.1) is 0 Å². The first-order chi connectivity index (χ1) is 11.8. The van der Waals surface area contributed by atoms with Crippen LogP contribution >= 0.6 is 11.6 Å². The van der Waals surface area contributed by atoms with Crippen molar-refractivity contribution in [2.24, 2.45) is 5.92 Å². The van der Waals surface area contributed by atoms with Crippen molar-refractivity contribution in [3.63, 3.8) is 0 Å². The van der Waals surface area contributed by atoms with E-state index in [2.05, 4.69) is 5.32 Å². The summed E-state index contributed by atoms with van der Waals surface area (Å²) >= 11 is 6.00. The zero-order valence-electron chi connectivity index (χ0n) is 14.6. The quantitative estimate of drug-likeness (QED) is 0.893. The Morgan fingerprint density at radius 1 is 1.12 bits per heavy atom. The molecular weight excluding hydrogens is 336 g/mol. The van der Waals surface area contributed by atoms with Crippen molar-refractivity contribution in [2.75, 3.05) is 16.8 Å². The lowest BCUT2D eigenvalue weighted by Crippen LogP contribution is -2.28. The molecule has 2 aromatic carbocycles. The van der Waals surface area contributed by atoms with Crippen molar-refractivity contribution in [3.8, 4) is 0 Å². The van der Waals surface area contributed by atoms with Crippen LogP contribution in [0.15, 0.2) is 36.4 Å². The lowest BCUT2D eigenvalue weighted by Gasteiger charge is -2.20. The molecule has 5 heteroatoms. The van der Waals surface area contributed by atoms with Crippen LogP contribution in [0.3, 0.4) is 0 Å². The Bertz CT molecular complexity index is 848. The Morgan fingerprint density at radius 2 is 1.84 bits per heavy atom. The molecule has 0 spiro atoms. The fourth-order valence-electron chi connectivity index (χ4n) is 3.09. The number of nitrogens with zero attached hydrogens (tertiary/aromatic N) is 1. The summed E-state index contributed by atoms with van der Waals surface area (Å²) in [6, 6.07) is 11.4. The smallest absolute Gasteiger partial charge is 0.229 e. The number of amides is 2. The highest BCUT2D eigenvalue weighted by atomic mass is 35.5. The lowest BCUT2D eigenvalue weighted by atomic mass is 10.1. The van der Waals surface area contributed by atoms with Crippen LogP contribution in [0.4, 0.5) is 11.4 Å². The largest absolute Gasteiger partial charge is 0.325 e. The summed E-state index contributed by atoms with van der Waals surface area (Å²) in [6.45, 7) is 6.28. The molecular formula is C20H21ClN2O2. The van der Waals surface area contributed by atoms with Crippen LogP contribution in [0.5, 0.6) is 0 Å². The molecule has 0 radical (unpaired) electrons. The van der Waals surface area contributed by atoms with Gasteiger partial charge < -0.3 is 10.2 Å². The second-order valence-electron chi connectivity index (χ2n) is 6.64. The van der Waals surface area contributed by atoms with Gasteiger partial charge in [-0.2, -0.15) is 0 Å². The number of anilines is 2. The summed E-state index contributed by atoms with van der Waals surface area (Å²) in [4.78, 5) is 26.8. The molecule has 2 aromatic rings. The summed E-state index contributed by atoms with van der Waals surface area (Å²) < 4.78 is 0. The number of nitrogens with one attached hydrogen (secondary N) is 1. The number of carbonyl (C=O) groups is 2. The third kappa shape index (κ3) is 3.69. The van der Waals surface area contributed by atoms with Gasteiger partial charge in [0.15, 0.2) is 0 Å². The van der Waals surface area contributed by atoms with E-state index in [1.54, 1.807) is 17.0 Å². The monoisotopic (exact) mass is 356 g/mol. The molecule has 25 heavy (non-hydrogen) atoms. The standard InChI is InChI=1S/C20H21ClN2O2/c1-12-4-5-14(3)18(8-12)23-11-15(9-19(23)24)20(25)22-17-10-16(21)7-6-13(17)2/h4-8,10,15H,9,11H2,1-3H3,(H,22,25)/t15-/m1/s1. The second kappa shape index (κ2) is 6.89. The normalized spacial score (nSPS) is 17.0. The molecule has 0 aliphatic carbocycles. The zero-order chi connectivity index (χ0) is 18.1. The first kappa shape index (κ1) is 17.5. The van der Waals surface area contributed by atoms with Crippen LogP contribution in [0.25, 0.3) is 0 Å². The van der Waals surface area contributed by atoms with E-state index >= 15 is 0 Å². The number of rotatable bonds is 3. The summed E-state index contributed by atoms with van der Waals surface area (Å²) in [5.41, 5.74) is 4.64. The molecule has 130 valence electrons. The third-order valence-electron chi connectivity index (χ3n) is 4.61. The highest BCUT2D eigenvalue weighted by molar-refractivity contribution is 6.31. The highest BCUT2D eigenvalue weighted by Gasteiger charge is 2.35. The van der Waals surface area contributed by atoms with Gasteiger partial charge in [0.2, 0.25) is 11.8 Å². The van der Waals surface area contributed by atoms with Gasteiger partial charge >= 0.3 is 0 Å². The van der Waals surface area contributed by atoms with Gasteiger partial charge in [-0.25, -0.2) is 0 Å². The predicted molar refractivity (Wildman–Crippen MR) is 101 cm³/mol. The van der Waals surface area contributed by atoms with E-state index in [9.17, 15) is 9.59 Å². The first-order valence-electron chi connectivity index (χ1n) is 8.30. The van der Waals surface area contributed by atoms with Crippen molar-refractivity contribution in [3.05, 3.63) is 58.1 Å². The highest BCUT2D eigenvalue weighted by Crippen LogP contribution is 2.30. The van der Waals surface area contributed by atoms with Crippen LogP contribution in [-0.4, -0.2) is 18.4 Å². The van der Waals surface area contributed by atoms with Gasteiger partial charge in [-0.1, -0.05) is 29.8 Å². The van der Waals surface area contributed by atoms with Crippen molar-refractivity contribution in [2.45, 2.75) is 27.2 Å². The topological polar surface area (TPSA) is 49.4 Å². The second-order valence-corrected chi connectivity index (χ2v) is 7.08. The Kier molecular flexibility index (Phi) is 4.82. The summed E-state index contributed by atoms with van der Waals surface area (Å²) in [5, 5.41) is 3.48. The Morgan fingerprint density at radius 3 is 2.60 bits per heavy atom.